The van der Waals surface area contributed by atoms with E-state index >= 15 is 0 Å². The molecule has 0 bridgehead atoms. The maximum atomic E-state index is 12.5. The third-order valence-electron chi connectivity index (χ3n) is 3.84. The number of benzene rings is 2. The number of halogens is 1. The summed E-state index contributed by atoms with van der Waals surface area (Å²) < 4.78 is 6.04. The van der Waals surface area contributed by atoms with Crippen molar-refractivity contribution in [1.29, 1.82) is 0 Å². The van der Waals surface area contributed by atoms with Crippen molar-refractivity contribution in [1.82, 2.24) is 9.78 Å². The van der Waals surface area contributed by atoms with Gasteiger partial charge in [0.1, 0.15) is 0 Å². The van der Waals surface area contributed by atoms with E-state index in [0.717, 1.165) is 4.68 Å². The van der Waals surface area contributed by atoms with E-state index < -0.39 is 24.0 Å². The molecule has 8 nitrogen and oxygen atoms in total. The monoisotopic (exact) mass is 401 g/mol. The Morgan fingerprint density at radius 2 is 1.79 bits per heavy atom. The number of aliphatic hydroxyl groups excluding tert-OH is 1. The van der Waals surface area contributed by atoms with Crippen LogP contribution < -0.4 is 10.9 Å². The lowest BCUT2D eigenvalue weighted by Crippen LogP contribution is -2.28. The molecular weight excluding hydrogens is 386 g/mol. The van der Waals surface area contributed by atoms with Crippen molar-refractivity contribution in [3.05, 3.63) is 69.6 Å². The summed E-state index contributed by atoms with van der Waals surface area (Å²) in [6.45, 7) is -0.916. The lowest BCUT2D eigenvalue weighted by atomic mass is 10.1. The maximum Gasteiger partial charge on any atom is 0.359 e. The second-order valence-corrected chi connectivity index (χ2v) is 6.21. The number of hydrogen-bond donors (Lipinski definition) is 2. The first-order valence-corrected chi connectivity index (χ1v) is 8.70. The van der Waals surface area contributed by atoms with Crippen molar-refractivity contribution in [2.75, 3.05) is 18.5 Å². The van der Waals surface area contributed by atoms with Crippen molar-refractivity contribution in [2.24, 2.45) is 0 Å². The van der Waals surface area contributed by atoms with Crippen molar-refractivity contribution < 1.29 is 19.4 Å². The SMILES string of the molecule is O=C(COC(=O)c1nn(CCO)c(=O)c2ccccc12)Nc1ccc(Cl)cc1. The summed E-state index contributed by atoms with van der Waals surface area (Å²) in [4.78, 5) is 36.8. The lowest BCUT2D eigenvalue weighted by Gasteiger charge is -2.10. The van der Waals surface area contributed by atoms with Gasteiger partial charge in [-0.05, 0) is 30.3 Å². The molecule has 3 aromatic rings. The van der Waals surface area contributed by atoms with Crippen LogP contribution in [-0.2, 0) is 16.1 Å². The first-order chi connectivity index (χ1) is 13.5. The highest BCUT2D eigenvalue weighted by Crippen LogP contribution is 2.15. The van der Waals surface area contributed by atoms with Crippen molar-refractivity contribution >= 4 is 39.9 Å². The van der Waals surface area contributed by atoms with Crippen LogP contribution in [0.3, 0.4) is 0 Å². The van der Waals surface area contributed by atoms with Crippen LogP contribution in [0.5, 0.6) is 0 Å². The smallest absolute Gasteiger partial charge is 0.359 e. The van der Waals surface area contributed by atoms with E-state index in [1.165, 1.54) is 0 Å². The van der Waals surface area contributed by atoms with E-state index in [2.05, 4.69) is 10.4 Å². The van der Waals surface area contributed by atoms with Gasteiger partial charge in [0.2, 0.25) is 0 Å². The van der Waals surface area contributed by atoms with Gasteiger partial charge in [0.15, 0.2) is 12.3 Å². The number of hydrogen-bond acceptors (Lipinski definition) is 6. The van der Waals surface area contributed by atoms with Crippen LogP contribution in [0.4, 0.5) is 5.69 Å². The van der Waals surface area contributed by atoms with Gasteiger partial charge in [-0.3, -0.25) is 9.59 Å². The summed E-state index contributed by atoms with van der Waals surface area (Å²) in [5.74, 6) is -1.39. The van der Waals surface area contributed by atoms with Gasteiger partial charge < -0.3 is 15.2 Å². The third kappa shape index (κ3) is 4.36. The number of rotatable bonds is 6. The van der Waals surface area contributed by atoms with Crippen LogP contribution in [0.1, 0.15) is 10.5 Å². The Morgan fingerprint density at radius 1 is 1.11 bits per heavy atom. The zero-order chi connectivity index (χ0) is 20.1. The van der Waals surface area contributed by atoms with Crippen LogP contribution in [0.15, 0.2) is 53.3 Å². The molecule has 2 N–H and O–H groups in total. The zero-order valence-electron chi connectivity index (χ0n) is 14.6. The Balaban J connectivity index is 1.77. The molecule has 0 aliphatic carbocycles. The molecule has 1 amide bonds. The number of aliphatic hydroxyl groups is 1. The number of nitrogens with zero attached hydrogens (tertiary/aromatic N) is 2. The van der Waals surface area contributed by atoms with Gasteiger partial charge in [-0.25, -0.2) is 9.48 Å². The van der Waals surface area contributed by atoms with Gasteiger partial charge in [0, 0.05) is 16.1 Å². The molecule has 0 aliphatic heterocycles. The fraction of sp³-hybridized carbons (Fsp3) is 0.158. The van der Waals surface area contributed by atoms with Gasteiger partial charge in [-0.2, -0.15) is 5.10 Å². The normalized spacial score (nSPS) is 10.6. The second-order valence-electron chi connectivity index (χ2n) is 5.78. The van der Waals surface area contributed by atoms with E-state index in [9.17, 15) is 14.4 Å². The number of carbonyl (C=O) groups excluding carboxylic acids is 2. The minimum atomic E-state index is -0.853. The van der Waals surface area contributed by atoms with Gasteiger partial charge in [0.25, 0.3) is 11.5 Å². The second kappa shape index (κ2) is 8.64. The van der Waals surface area contributed by atoms with Gasteiger partial charge in [0.05, 0.1) is 18.5 Å². The standard InChI is InChI=1S/C19H16ClN3O5/c20-12-5-7-13(8-6-12)21-16(25)11-28-19(27)17-14-3-1-2-4-15(14)18(26)23(22-17)9-10-24/h1-8,24H,9-11H2,(H,21,25). The Morgan fingerprint density at radius 3 is 2.46 bits per heavy atom. The highest BCUT2D eigenvalue weighted by molar-refractivity contribution is 6.30. The zero-order valence-corrected chi connectivity index (χ0v) is 15.3. The molecule has 0 unspecified atom stereocenters. The molecular formula is C19H16ClN3O5. The van der Waals surface area contributed by atoms with Crippen LogP contribution in [-0.4, -0.2) is 40.0 Å². The maximum absolute atomic E-state index is 12.5. The fourth-order valence-electron chi connectivity index (χ4n) is 2.56. The summed E-state index contributed by atoms with van der Waals surface area (Å²) >= 11 is 5.78. The molecule has 0 radical (unpaired) electrons. The Labute approximate surface area is 164 Å². The molecule has 144 valence electrons. The summed E-state index contributed by atoms with van der Waals surface area (Å²) in [7, 11) is 0. The Bertz CT molecular complexity index is 1080. The highest BCUT2D eigenvalue weighted by Gasteiger charge is 2.19. The number of nitrogens with one attached hydrogen (secondary N) is 1. The van der Waals surface area contributed by atoms with Crippen molar-refractivity contribution in [2.45, 2.75) is 6.54 Å². The summed E-state index contributed by atoms with van der Waals surface area (Å²) in [5, 5.41) is 16.8. The molecule has 0 fully saturated rings. The van der Waals surface area contributed by atoms with E-state index in [-0.39, 0.29) is 24.2 Å². The number of carbonyl (C=O) groups is 2. The molecule has 3 rings (SSSR count). The van der Waals surface area contributed by atoms with Gasteiger partial charge in [-0.1, -0.05) is 29.8 Å². The predicted octanol–water partition coefficient (Wildman–Crippen LogP) is 1.84. The molecule has 0 aliphatic rings. The molecule has 0 saturated carbocycles. The fourth-order valence-corrected chi connectivity index (χ4v) is 2.69. The first-order valence-electron chi connectivity index (χ1n) is 8.33. The van der Waals surface area contributed by atoms with Crippen LogP contribution in [0.2, 0.25) is 5.02 Å². The predicted molar refractivity (Wildman–Crippen MR) is 103 cm³/mol. The van der Waals surface area contributed by atoms with E-state index in [4.69, 9.17) is 21.4 Å². The summed E-state index contributed by atoms with van der Waals surface area (Å²) in [5.41, 5.74) is -0.0323. The van der Waals surface area contributed by atoms with E-state index in [1.807, 2.05) is 0 Å². The van der Waals surface area contributed by atoms with E-state index in [1.54, 1.807) is 48.5 Å². The summed E-state index contributed by atoms with van der Waals surface area (Å²) in [6, 6.07) is 12.9. The Kier molecular flexibility index (Phi) is 6.03. The largest absolute Gasteiger partial charge is 0.451 e. The average Bonchev–Trinajstić information content (AvgIpc) is 2.70. The number of ether oxygens (including phenoxy) is 1. The Hall–Kier alpha value is -3.23. The molecule has 0 spiro atoms. The highest BCUT2D eigenvalue weighted by atomic mass is 35.5. The quantitative estimate of drug-likeness (QED) is 0.610. The molecule has 1 heterocycles. The first kappa shape index (κ1) is 19.5. The van der Waals surface area contributed by atoms with Crippen LogP contribution in [0.25, 0.3) is 10.8 Å². The molecule has 0 atom stereocenters. The minimum Gasteiger partial charge on any atom is -0.451 e. The number of esters is 1. The molecule has 2 aromatic carbocycles. The van der Waals surface area contributed by atoms with Crippen molar-refractivity contribution in [3.8, 4) is 0 Å². The average molecular weight is 402 g/mol. The molecule has 28 heavy (non-hydrogen) atoms. The number of fused-ring (bicyclic) bond motifs is 1. The van der Waals surface area contributed by atoms with Crippen LogP contribution >= 0.6 is 11.6 Å². The number of anilines is 1. The molecule has 9 heteroatoms. The van der Waals surface area contributed by atoms with Crippen molar-refractivity contribution in [3.63, 3.8) is 0 Å². The third-order valence-corrected chi connectivity index (χ3v) is 4.09. The lowest BCUT2D eigenvalue weighted by molar-refractivity contribution is -0.119. The minimum absolute atomic E-state index is 0.0685. The van der Waals surface area contributed by atoms with E-state index in [0.29, 0.717) is 16.1 Å². The number of amides is 1. The van der Waals surface area contributed by atoms with Gasteiger partial charge in [-0.15, -0.1) is 0 Å². The topological polar surface area (TPSA) is 111 Å². The summed E-state index contributed by atoms with van der Waals surface area (Å²) in [6.07, 6.45) is 0. The van der Waals surface area contributed by atoms with Gasteiger partial charge >= 0.3 is 5.97 Å². The molecule has 0 saturated heterocycles. The van der Waals surface area contributed by atoms with Crippen LogP contribution in [0, 0.1) is 0 Å². The number of aromatic nitrogens is 2. The molecule has 1 aromatic heterocycles.